The summed E-state index contributed by atoms with van der Waals surface area (Å²) in [5, 5.41) is 0. The van der Waals surface area contributed by atoms with Gasteiger partial charge < -0.3 is 10.7 Å². The van der Waals surface area contributed by atoms with Crippen molar-refractivity contribution in [3.63, 3.8) is 0 Å². The number of benzene rings is 1. The Kier molecular flexibility index (Phi) is 3.06. The van der Waals surface area contributed by atoms with Crippen LogP contribution in [-0.2, 0) is 6.42 Å². The lowest BCUT2D eigenvalue weighted by Crippen LogP contribution is -2.02. The highest BCUT2D eigenvalue weighted by Crippen LogP contribution is 2.21. The zero-order chi connectivity index (χ0) is 11.5. The Morgan fingerprint density at radius 2 is 2.12 bits per heavy atom. The summed E-state index contributed by atoms with van der Waals surface area (Å²) in [6.07, 6.45) is 2.71. The average molecular weight is 215 g/mol. The van der Waals surface area contributed by atoms with Crippen LogP contribution in [0.3, 0.4) is 0 Å². The maximum Gasteiger partial charge on any atom is 0.137 e. The Hall–Kier alpha value is -1.61. The molecule has 0 aliphatic carbocycles. The van der Waals surface area contributed by atoms with E-state index >= 15 is 0 Å². The van der Waals surface area contributed by atoms with Gasteiger partial charge in [0.25, 0.3) is 0 Å². The molecule has 0 spiro atoms. The molecule has 84 valence electrons. The molecule has 0 saturated heterocycles. The van der Waals surface area contributed by atoms with E-state index in [1.165, 1.54) is 11.1 Å². The fourth-order valence-electron chi connectivity index (χ4n) is 1.86. The van der Waals surface area contributed by atoms with Crippen molar-refractivity contribution in [3.05, 3.63) is 41.2 Å². The molecular formula is C13H17N3. The third-order valence-electron chi connectivity index (χ3n) is 2.68. The molecule has 0 fully saturated rings. The predicted molar refractivity (Wildman–Crippen MR) is 66.3 cm³/mol. The van der Waals surface area contributed by atoms with Gasteiger partial charge >= 0.3 is 0 Å². The summed E-state index contributed by atoms with van der Waals surface area (Å²) in [4.78, 5) is 7.68. The molecule has 0 amide bonds. The van der Waals surface area contributed by atoms with Crippen molar-refractivity contribution in [1.82, 2.24) is 9.97 Å². The summed E-state index contributed by atoms with van der Waals surface area (Å²) < 4.78 is 0. The summed E-state index contributed by atoms with van der Waals surface area (Å²) >= 11 is 0. The molecule has 2 rings (SSSR count). The summed E-state index contributed by atoms with van der Waals surface area (Å²) in [6, 6.07) is 6.38. The van der Waals surface area contributed by atoms with E-state index < -0.39 is 0 Å². The Morgan fingerprint density at radius 3 is 2.81 bits per heavy atom. The van der Waals surface area contributed by atoms with Crippen molar-refractivity contribution in [3.8, 4) is 11.4 Å². The van der Waals surface area contributed by atoms with E-state index in [-0.39, 0.29) is 0 Å². The van der Waals surface area contributed by atoms with Crippen LogP contribution in [0.15, 0.2) is 24.4 Å². The van der Waals surface area contributed by atoms with Gasteiger partial charge in [0.2, 0.25) is 0 Å². The standard InChI is InChI=1S/C13H17N3/c1-9-3-4-12(10(2)7-9)13-15-8-11(16-13)5-6-14/h3-4,7-8H,5-6,14H2,1-2H3,(H,15,16). The minimum atomic E-state index is 0.647. The third-order valence-corrected chi connectivity index (χ3v) is 2.68. The smallest absolute Gasteiger partial charge is 0.137 e. The van der Waals surface area contributed by atoms with Crippen LogP contribution < -0.4 is 5.73 Å². The SMILES string of the molecule is Cc1ccc(-c2ncc(CCN)[nH]2)c(C)c1. The third kappa shape index (κ3) is 2.14. The second-order valence-electron chi connectivity index (χ2n) is 4.11. The number of hydrogen-bond donors (Lipinski definition) is 2. The van der Waals surface area contributed by atoms with E-state index in [2.05, 4.69) is 42.0 Å². The topological polar surface area (TPSA) is 54.7 Å². The summed E-state index contributed by atoms with van der Waals surface area (Å²) in [5.74, 6) is 0.931. The number of aromatic amines is 1. The molecule has 0 atom stereocenters. The van der Waals surface area contributed by atoms with Gasteiger partial charge in [-0.15, -0.1) is 0 Å². The lowest BCUT2D eigenvalue weighted by atomic mass is 10.1. The Labute approximate surface area is 95.7 Å². The number of nitrogens with zero attached hydrogens (tertiary/aromatic N) is 1. The maximum atomic E-state index is 5.51. The van der Waals surface area contributed by atoms with E-state index in [0.29, 0.717) is 6.54 Å². The normalized spacial score (nSPS) is 10.7. The van der Waals surface area contributed by atoms with Crippen molar-refractivity contribution in [2.75, 3.05) is 6.54 Å². The molecule has 3 N–H and O–H groups in total. The van der Waals surface area contributed by atoms with Crippen molar-refractivity contribution in [1.29, 1.82) is 0 Å². The highest BCUT2D eigenvalue weighted by atomic mass is 14.9. The molecule has 3 nitrogen and oxygen atoms in total. The quantitative estimate of drug-likeness (QED) is 0.824. The van der Waals surface area contributed by atoms with Crippen LogP contribution in [0.4, 0.5) is 0 Å². The molecule has 0 bridgehead atoms. The molecule has 0 radical (unpaired) electrons. The van der Waals surface area contributed by atoms with E-state index in [1.54, 1.807) is 0 Å². The number of imidazole rings is 1. The van der Waals surface area contributed by atoms with Gasteiger partial charge in [-0.1, -0.05) is 23.8 Å². The molecule has 0 aliphatic heterocycles. The number of rotatable bonds is 3. The molecule has 0 aliphatic rings. The van der Waals surface area contributed by atoms with E-state index in [1.807, 2.05) is 6.20 Å². The zero-order valence-corrected chi connectivity index (χ0v) is 9.75. The molecule has 1 heterocycles. The van der Waals surface area contributed by atoms with Crippen LogP contribution in [-0.4, -0.2) is 16.5 Å². The first-order valence-electron chi connectivity index (χ1n) is 5.52. The Balaban J connectivity index is 2.35. The highest BCUT2D eigenvalue weighted by Gasteiger charge is 2.05. The van der Waals surface area contributed by atoms with E-state index in [4.69, 9.17) is 5.73 Å². The first kappa shape index (κ1) is 10.9. The molecular weight excluding hydrogens is 198 g/mol. The minimum absolute atomic E-state index is 0.647. The van der Waals surface area contributed by atoms with Crippen molar-refractivity contribution in [2.45, 2.75) is 20.3 Å². The second kappa shape index (κ2) is 4.49. The van der Waals surface area contributed by atoms with Gasteiger partial charge in [-0.3, -0.25) is 0 Å². The number of nitrogens with one attached hydrogen (secondary N) is 1. The van der Waals surface area contributed by atoms with E-state index in [0.717, 1.165) is 23.5 Å². The number of aromatic nitrogens is 2. The molecule has 3 heteroatoms. The van der Waals surface area contributed by atoms with Crippen LogP contribution in [0, 0.1) is 13.8 Å². The lowest BCUT2D eigenvalue weighted by Gasteiger charge is -2.03. The summed E-state index contributed by atoms with van der Waals surface area (Å²) in [7, 11) is 0. The second-order valence-corrected chi connectivity index (χ2v) is 4.11. The fraction of sp³-hybridized carbons (Fsp3) is 0.308. The maximum absolute atomic E-state index is 5.51. The van der Waals surface area contributed by atoms with Gasteiger partial charge in [0, 0.05) is 23.9 Å². The van der Waals surface area contributed by atoms with Gasteiger partial charge in [-0.2, -0.15) is 0 Å². The molecule has 16 heavy (non-hydrogen) atoms. The molecule has 0 saturated carbocycles. The molecule has 2 aromatic rings. The monoisotopic (exact) mass is 215 g/mol. The fourth-order valence-corrected chi connectivity index (χ4v) is 1.86. The van der Waals surface area contributed by atoms with Crippen LogP contribution in [0.2, 0.25) is 0 Å². The van der Waals surface area contributed by atoms with Crippen LogP contribution >= 0.6 is 0 Å². The highest BCUT2D eigenvalue weighted by molar-refractivity contribution is 5.60. The molecule has 0 unspecified atom stereocenters. The first-order valence-corrected chi connectivity index (χ1v) is 5.52. The van der Waals surface area contributed by atoms with Gasteiger partial charge in [0.1, 0.15) is 5.82 Å². The largest absolute Gasteiger partial charge is 0.342 e. The Bertz CT molecular complexity index is 486. The first-order chi connectivity index (χ1) is 7.70. The number of hydrogen-bond acceptors (Lipinski definition) is 2. The van der Waals surface area contributed by atoms with Crippen LogP contribution in [0.25, 0.3) is 11.4 Å². The lowest BCUT2D eigenvalue weighted by molar-refractivity contribution is 0.936. The van der Waals surface area contributed by atoms with Crippen LogP contribution in [0.5, 0.6) is 0 Å². The number of H-pyrrole nitrogens is 1. The van der Waals surface area contributed by atoms with Gasteiger partial charge in [-0.05, 0) is 26.0 Å². The summed E-state index contributed by atoms with van der Waals surface area (Å²) in [6.45, 7) is 4.85. The minimum Gasteiger partial charge on any atom is -0.342 e. The molecule has 1 aromatic carbocycles. The molecule has 1 aromatic heterocycles. The van der Waals surface area contributed by atoms with Crippen molar-refractivity contribution < 1.29 is 0 Å². The van der Waals surface area contributed by atoms with E-state index in [9.17, 15) is 0 Å². The predicted octanol–water partition coefficient (Wildman–Crippen LogP) is 2.19. The summed E-state index contributed by atoms with van der Waals surface area (Å²) in [5.41, 5.74) is 10.3. The average Bonchev–Trinajstić information content (AvgIpc) is 2.67. The number of aryl methyl sites for hydroxylation is 2. The van der Waals surface area contributed by atoms with Crippen molar-refractivity contribution >= 4 is 0 Å². The number of nitrogens with two attached hydrogens (primary N) is 1. The van der Waals surface area contributed by atoms with Gasteiger partial charge in [-0.25, -0.2) is 4.98 Å². The van der Waals surface area contributed by atoms with Crippen LogP contribution in [0.1, 0.15) is 16.8 Å². The van der Waals surface area contributed by atoms with Gasteiger partial charge in [0.05, 0.1) is 0 Å². The van der Waals surface area contributed by atoms with Gasteiger partial charge in [0.15, 0.2) is 0 Å². The zero-order valence-electron chi connectivity index (χ0n) is 9.75. The Morgan fingerprint density at radius 1 is 1.31 bits per heavy atom. The van der Waals surface area contributed by atoms with Crippen molar-refractivity contribution in [2.24, 2.45) is 5.73 Å².